The molecule has 2 aliphatic rings. The Morgan fingerprint density at radius 2 is 1.85 bits per heavy atom. The summed E-state index contributed by atoms with van der Waals surface area (Å²) in [6, 6.07) is 3.63. The maximum absolute atomic E-state index is 12.9. The Kier molecular flexibility index (Phi) is 8.95. The fourth-order valence-corrected chi connectivity index (χ4v) is 5.03. The second-order valence-corrected chi connectivity index (χ2v) is 8.82. The van der Waals surface area contributed by atoms with E-state index in [4.69, 9.17) is 0 Å². The molecule has 27 heavy (non-hydrogen) atoms. The molecule has 0 aromatic carbocycles. The van der Waals surface area contributed by atoms with Gasteiger partial charge in [-0.15, -0.1) is 24.8 Å². The number of piperazine rings is 1. The van der Waals surface area contributed by atoms with Crippen LogP contribution in [0, 0.1) is 5.92 Å². The maximum atomic E-state index is 12.9. The highest BCUT2D eigenvalue weighted by Crippen LogP contribution is 2.26. The fourth-order valence-electron chi connectivity index (χ4n) is 3.59. The van der Waals surface area contributed by atoms with Gasteiger partial charge in [0.05, 0.1) is 0 Å². The summed E-state index contributed by atoms with van der Waals surface area (Å²) in [5, 5.41) is 3.38. The molecule has 3 heterocycles. The summed E-state index contributed by atoms with van der Waals surface area (Å²) < 4.78 is 26.8. The molecule has 0 radical (unpaired) electrons. The van der Waals surface area contributed by atoms with Crippen LogP contribution in [0.15, 0.2) is 29.4 Å². The zero-order valence-corrected chi connectivity index (χ0v) is 18.0. The van der Waals surface area contributed by atoms with Crippen LogP contribution in [-0.2, 0) is 14.8 Å². The van der Waals surface area contributed by atoms with E-state index in [1.54, 1.807) is 18.3 Å². The number of nitrogens with zero attached hydrogens (tertiary/aromatic N) is 3. The van der Waals surface area contributed by atoms with Gasteiger partial charge in [0, 0.05) is 56.6 Å². The Morgan fingerprint density at radius 3 is 2.44 bits per heavy atom. The van der Waals surface area contributed by atoms with Gasteiger partial charge in [0.15, 0.2) is 0 Å². The Bertz CT molecular complexity index is 712. The number of halogens is 2. The minimum Gasteiger partial charge on any atom is -0.337 e. The predicted octanol–water partition coefficient (Wildman–Crippen LogP) is 1.53. The van der Waals surface area contributed by atoms with Crippen LogP contribution in [0.2, 0.25) is 0 Å². The highest BCUT2D eigenvalue weighted by atomic mass is 35.5. The molecule has 10 heteroatoms. The van der Waals surface area contributed by atoms with Crippen LogP contribution in [0.1, 0.15) is 26.7 Å². The number of sulfonamides is 1. The van der Waals surface area contributed by atoms with Gasteiger partial charge in [0.1, 0.15) is 4.90 Å². The zero-order valence-electron chi connectivity index (χ0n) is 15.6. The smallest absolute Gasteiger partial charge is 0.244 e. The van der Waals surface area contributed by atoms with Crippen LogP contribution >= 0.6 is 24.8 Å². The van der Waals surface area contributed by atoms with Gasteiger partial charge in [-0.3, -0.25) is 9.78 Å². The zero-order chi connectivity index (χ0) is 18.0. The number of rotatable bonds is 3. The van der Waals surface area contributed by atoms with Gasteiger partial charge in [-0.2, -0.15) is 4.31 Å². The molecule has 2 atom stereocenters. The van der Waals surface area contributed by atoms with Gasteiger partial charge in [-0.05, 0) is 38.8 Å². The van der Waals surface area contributed by atoms with Crippen molar-refractivity contribution in [1.82, 2.24) is 19.5 Å². The van der Waals surface area contributed by atoms with Gasteiger partial charge in [0.2, 0.25) is 15.9 Å². The molecule has 0 bridgehead atoms. The molecule has 0 spiro atoms. The lowest BCUT2D eigenvalue weighted by atomic mass is 9.94. The van der Waals surface area contributed by atoms with E-state index in [-0.39, 0.29) is 53.6 Å². The lowest BCUT2D eigenvalue weighted by Gasteiger charge is -2.41. The minimum atomic E-state index is -3.52. The van der Waals surface area contributed by atoms with Gasteiger partial charge in [-0.25, -0.2) is 8.42 Å². The molecular formula is C17H28Cl2N4O3S. The molecule has 2 saturated heterocycles. The molecule has 1 N–H and O–H groups in total. The first-order valence-corrected chi connectivity index (χ1v) is 10.3. The molecule has 1 amide bonds. The quantitative estimate of drug-likeness (QED) is 0.773. The molecule has 0 aliphatic carbocycles. The van der Waals surface area contributed by atoms with Crippen molar-refractivity contribution in [3.05, 3.63) is 24.5 Å². The predicted molar refractivity (Wildman–Crippen MR) is 109 cm³/mol. The lowest BCUT2D eigenvalue weighted by Crippen LogP contribution is -2.59. The summed E-state index contributed by atoms with van der Waals surface area (Å²) in [4.78, 5) is 18.9. The Morgan fingerprint density at radius 1 is 1.19 bits per heavy atom. The molecule has 1 aromatic rings. The molecular weight excluding hydrogens is 411 g/mol. The van der Waals surface area contributed by atoms with E-state index in [1.165, 1.54) is 10.5 Å². The third kappa shape index (κ3) is 5.12. The van der Waals surface area contributed by atoms with Crippen molar-refractivity contribution < 1.29 is 13.2 Å². The van der Waals surface area contributed by atoms with Crippen molar-refractivity contribution in [2.45, 2.75) is 43.7 Å². The minimum absolute atomic E-state index is 0. The van der Waals surface area contributed by atoms with Gasteiger partial charge < -0.3 is 10.2 Å². The number of carbonyl (C=O) groups is 1. The number of hydrogen-bond acceptors (Lipinski definition) is 5. The van der Waals surface area contributed by atoms with Crippen molar-refractivity contribution in [2.24, 2.45) is 5.92 Å². The van der Waals surface area contributed by atoms with Crippen molar-refractivity contribution >= 4 is 40.7 Å². The molecule has 0 saturated carbocycles. The first-order chi connectivity index (χ1) is 11.9. The van der Waals surface area contributed by atoms with Crippen LogP contribution in [0.3, 0.4) is 0 Å². The van der Waals surface area contributed by atoms with Crippen LogP contribution in [-0.4, -0.2) is 66.8 Å². The average molecular weight is 439 g/mol. The topological polar surface area (TPSA) is 82.6 Å². The molecule has 154 valence electrons. The SMILES string of the molecule is CC1NCCN(C(=O)C2CCN(S(=O)(=O)c3cccnc3)CC2)C1C.Cl.Cl. The summed E-state index contributed by atoms with van der Waals surface area (Å²) in [7, 11) is -3.52. The van der Waals surface area contributed by atoms with Crippen LogP contribution in [0.4, 0.5) is 0 Å². The Labute approximate surface area is 173 Å². The van der Waals surface area contributed by atoms with Gasteiger partial charge in [-0.1, -0.05) is 0 Å². The standard InChI is InChI=1S/C17H26N4O3S.2ClH/c1-13-14(2)21(11-8-19-13)17(22)15-5-9-20(10-6-15)25(23,24)16-4-3-7-18-12-16;;/h3-4,7,12-15,19H,5-6,8-11H2,1-2H3;2*1H. The molecule has 1 aromatic heterocycles. The number of aromatic nitrogens is 1. The van der Waals surface area contributed by atoms with E-state index in [1.807, 2.05) is 4.90 Å². The van der Waals surface area contributed by atoms with Crippen LogP contribution < -0.4 is 5.32 Å². The highest BCUT2D eigenvalue weighted by Gasteiger charge is 2.36. The number of hydrogen-bond donors (Lipinski definition) is 1. The van der Waals surface area contributed by atoms with Crippen molar-refractivity contribution in [3.63, 3.8) is 0 Å². The summed E-state index contributed by atoms with van der Waals surface area (Å²) in [5.41, 5.74) is 0. The molecule has 2 unspecified atom stereocenters. The molecule has 2 fully saturated rings. The summed E-state index contributed by atoms with van der Waals surface area (Å²) in [6.45, 7) is 6.45. The number of carbonyl (C=O) groups excluding carboxylic acids is 1. The van der Waals surface area contributed by atoms with E-state index in [0.717, 1.165) is 13.1 Å². The van der Waals surface area contributed by atoms with Crippen LogP contribution in [0.25, 0.3) is 0 Å². The number of amides is 1. The second kappa shape index (κ2) is 10.0. The summed E-state index contributed by atoms with van der Waals surface area (Å²) >= 11 is 0. The molecule has 3 rings (SSSR count). The second-order valence-electron chi connectivity index (χ2n) is 6.88. The first kappa shape index (κ1) is 24.1. The van der Waals surface area contributed by atoms with E-state index >= 15 is 0 Å². The summed E-state index contributed by atoms with van der Waals surface area (Å²) in [6.07, 6.45) is 4.07. The molecule has 2 aliphatic heterocycles. The number of piperidine rings is 1. The fraction of sp³-hybridized carbons (Fsp3) is 0.647. The third-order valence-electron chi connectivity index (χ3n) is 5.39. The normalized spacial score (nSPS) is 24.6. The van der Waals surface area contributed by atoms with Crippen LogP contribution in [0.5, 0.6) is 0 Å². The van der Waals surface area contributed by atoms with Crippen molar-refractivity contribution in [1.29, 1.82) is 0 Å². The summed E-state index contributed by atoms with van der Waals surface area (Å²) in [5.74, 6) is 0.0763. The Balaban J connectivity index is 0.00000182. The van der Waals surface area contributed by atoms with E-state index in [9.17, 15) is 13.2 Å². The highest BCUT2D eigenvalue weighted by molar-refractivity contribution is 7.89. The van der Waals surface area contributed by atoms with Crippen molar-refractivity contribution in [2.75, 3.05) is 26.2 Å². The van der Waals surface area contributed by atoms with E-state index in [2.05, 4.69) is 24.1 Å². The number of nitrogens with one attached hydrogen (secondary N) is 1. The third-order valence-corrected chi connectivity index (χ3v) is 7.27. The van der Waals surface area contributed by atoms with Crippen molar-refractivity contribution in [3.8, 4) is 0 Å². The largest absolute Gasteiger partial charge is 0.337 e. The van der Waals surface area contributed by atoms with Gasteiger partial charge in [0.25, 0.3) is 0 Å². The first-order valence-electron chi connectivity index (χ1n) is 8.85. The number of pyridine rings is 1. The van der Waals surface area contributed by atoms with E-state index < -0.39 is 10.0 Å². The van der Waals surface area contributed by atoms with E-state index in [0.29, 0.717) is 25.9 Å². The lowest BCUT2D eigenvalue weighted by molar-refractivity contribution is -0.140. The molecule has 7 nitrogen and oxygen atoms in total. The monoisotopic (exact) mass is 438 g/mol. The average Bonchev–Trinajstić information content (AvgIpc) is 2.64. The van der Waals surface area contributed by atoms with Gasteiger partial charge >= 0.3 is 0 Å². The Hall–Kier alpha value is -0.930. The maximum Gasteiger partial charge on any atom is 0.244 e.